The number of carbonyl (C=O) groups is 1. The molecule has 0 aromatic carbocycles. The lowest BCUT2D eigenvalue weighted by Crippen LogP contribution is -2.47. The molecule has 1 atom stereocenters. The number of anilines is 1. The van der Waals surface area contributed by atoms with E-state index in [2.05, 4.69) is 32.3 Å². The van der Waals surface area contributed by atoms with E-state index < -0.39 is 15.4 Å². The summed E-state index contributed by atoms with van der Waals surface area (Å²) in [5.74, 6) is 0.151. The van der Waals surface area contributed by atoms with Crippen molar-refractivity contribution in [2.45, 2.75) is 29.6 Å². The van der Waals surface area contributed by atoms with Gasteiger partial charge in [-0.2, -0.15) is 0 Å². The number of carbonyl (C=O) groups excluding carboxylic acids is 1. The van der Waals surface area contributed by atoms with Crippen molar-refractivity contribution in [3.05, 3.63) is 22.4 Å². The van der Waals surface area contributed by atoms with Crippen LogP contribution < -0.4 is 10.6 Å². The third-order valence-corrected chi connectivity index (χ3v) is 8.76. The Labute approximate surface area is 164 Å². The van der Waals surface area contributed by atoms with E-state index in [1.54, 1.807) is 18.3 Å². The number of aromatic nitrogens is 2. The molecule has 1 amide bonds. The van der Waals surface area contributed by atoms with Crippen molar-refractivity contribution in [2.75, 3.05) is 29.1 Å². The fourth-order valence-electron chi connectivity index (χ4n) is 2.70. The van der Waals surface area contributed by atoms with E-state index in [-0.39, 0.29) is 23.2 Å². The smallest absolute Gasteiger partial charge is 0.230 e. The topological polar surface area (TPSA) is 101 Å². The number of rotatable bonds is 8. The van der Waals surface area contributed by atoms with Crippen molar-refractivity contribution < 1.29 is 13.2 Å². The Morgan fingerprint density at radius 3 is 2.96 bits per heavy atom. The summed E-state index contributed by atoms with van der Waals surface area (Å²) in [4.78, 5) is 13.4. The lowest BCUT2D eigenvalue weighted by Gasteiger charge is -2.23. The lowest BCUT2D eigenvalue weighted by atomic mass is 10.0. The average molecular weight is 433 g/mol. The molecular weight excluding hydrogens is 412 g/mol. The second kappa shape index (κ2) is 8.24. The van der Waals surface area contributed by atoms with Crippen LogP contribution in [-0.2, 0) is 21.1 Å². The zero-order valence-electron chi connectivity index (χ0n) is 14.2. The Balaban J connectivity index is 1.41. The summed E-state index contributed by atoms with van der Waals surface area (Å²) >= 11 is 4.45. The van der Waals surface area contributed by atoms with Gasteiger partial charge in [-0.15, -0.1) is 21.5 Å². The first-order chi connectivity index (χ1) is 12.3. The number of nitrogens with one attached hydrogen (secondary N) is 2. The first-order valence-electron chi connectivity index (χ1n) is 8.08. The van der Waals surface area contributed by atoms with Crippen LogP contribution in [0.25, 0.3) is 0 Å². The predicted molar refractivity (Wildman–Crippen MR) is 107 cm³/mol. The molecule has 0 saturated carbocycles. The number of thioether (sulfide) groups is 1. The highest BCUT2D eigenvalue weighted by molar-refractivity contribution is 8.01. The molecule has 2 N–H and O–H groups in total. The van der Waals surface area contributed by atoms with Crippen molar-refractivity contribution in [3.63, 3.8) is 0 Å². The molecule has 1 saturated heterocycles. The fourth-order valence-corrected chi connectivity index (χ4v) is 7.08. The first kappa shape index (κ1) is 19.6. The summed E-state index contributed by atoms with van der Waals surface area (Å²) in [6, 6.07) is 4.13. The fraction of sp³-hybridized carbons (Fsp3) is 0.533. The second-order valence-electron chi connectivity index (χ2n) is 6.37. The zero-order valence-corrected chi connectivity index (χ0v) is 17.5. The predicted octanol–water partition coefficient (Wildman–Crippen LogP) is 2.04. The quantitative estimate of drug-likeness (QED) is 0.616. The Kier molecular flexibility index (Phi) is 6.21. The minimum Gasteiger partial charge on any atom is -0.360 e. The standard InChI is InChI=1S/C15H20N4O3S4/c1-15(5-8-26(21,22)10-15)17-12(20)9-24-14-19-18-13(25-14)16-6-4-11-3-2-7-23-11/h2-3,7H,4-6,8-10H2,1H3,(H,16,18)(H,17,20)/t15-/m1/s1. The van der Waals surface area contributed by atoms with Crippen LogP contribution in [0.4, 0.5) is 5.13 Å². The maximum Gasteiger partial charge on any atom is 0.230 e. The second-order valence-corrected chi connectivity index (χ2v) is 11.8. The molecular formula is C15H20N4O3S4. The third kappa shape index (κ3) is 5.66. The molecule has 1 fully saturated rings. The van der Waals surface area contributed by atoms with Crippen molar-refractivity contribution in [1.29, 1.82) is 0 Å². The van der Waals surface area contributed by atoms with Gasteiger partial charge in [-0.1, -0.05) is 29.2 Å². The summed E-state index contributed by atoms with van der Waals surface area (Å²) in [6.45, 7) is 2.56. The van der Waals surface area contributed by atoms with Gasteiger partial charge in [0.2, 0.25) is 11.0 Å². The minimum atomic E-state index is -3.04. The lowest BCUT2D eigenvalue weighted by molar-refractivity contribution is -0.120. The van der Waals surface area contributed by atoms with Crippen LogP contribution in [-0.4, -0.2) is 53.9 Å². The van der Waals surface area contributed by atoms with E-state index in [4.69, 9.17) is 0 Å². The van der Waals surface area contributed by atoms with Crippen molar-refractivity contribution >= 4 is 55.3 Å². The molecule has 7 nitrogen and oxygen atoms in total. The molecule has 3 rings (SSSR count). The van der Waals surface area contributed by atoms with Gasteiger partial charge in [0, 0.05) is 11.4 Å². The first-order valence-corrected chi connectivity index (χ1v) is 12.6. The van der Waals surface area contributed by atoms with E-state index >= 15 is 0 Å². The van der Waals surface area contributed by atoms with E-state index in [0.29, 0.717) is 10.8 Å². The third-order valence-electron chi connectivity index (χ3n) is 3.91. The number of amides is 1. The largest absolute Gasteiger partial charge is 0.360 e. The number of thiophene rings is 1. The monoisotopic (exact) mass is 432 g/mol. The summed E-state index contributed by atoms with van der Waals surface area (Å²) in [5.41, 5.74) is -0.661. The van der Waals surface area contributed by atoms with Gasteiger partial charge in [-0.3, -0.25) is 4.79 Å². The number of hydrogen-bond donors (Lipinski definition) is 2. The molecule has 11 heteroatoms. The van der Waals surface area contributed by atoms with Crippen LogP contribution in [0.2, 0.25) is 0 Å². The molecule has 2 aromatic heterocycles. The summed E-state index contributed by atoms with van der Waals surface area (Å²) in [6.07, 6.45) is 1.40. The molecule has 1 aliphatic heterocycles. The highest BCUT2D eigenvalue weighted by atomic mass is 32.2. The Bertz CT molecular complexity index is 850. The summed E-state index contributed by atoms with van der Waals surface area (Å²) in [5, 5.41) is 17.0. The van der Waals surface area contributed by atoms with E-state index in [1.807, 2.05) is 6.07 Å². The molecule has 0 unspecified atom stereocenters. The van der Waals surface area contributed by atoms with Crippen LogP contribution in [0.3, 0.4) is 0 Å². The van der Waals surface area contributed by atoms with Crippen molar-refractivity contribution in [2.24, 2.45) is 0 Å². The highest BCUT2D eigenvalue weighted by Crippen LogP contribution is 2.26. The molecule has 0 spiro atoms. The van der Waals surface area contributed by atoms with Crippen LogP contribution in [0, 0.1) is 0 Å². The molecule has 0 radical (unpaired) electrons. The molecule has 2 aromatic rings. The average Bonchev–Trinajstić information content (AvgIpc) is 3.27. The summed E-state index contributed by atoms with van der Waals surface area (Å²) < 4.78 is 23.9. The molecule has 1 aliphatic rings. The van der Waals surface area contributed by atoms with Gasteiger partial charge < -0.3 is 10.6 Å². The summed E-state index contributed by atoms with van der Waals surface area (Å²) in [7, 11) is -3.04. The molecule has 0 bridgehead atoms. The van der Waals surface area contributed by atoms with E-state index in [9.17, 15) is 13.2 Å². The van der Waals surface area contributed by atoms with Crippen molar-refractivity contribution in [3.8, 4) is 0 Å². The highest BCUT2D eigenvalue weighted by Gasteiger charge is 2.39. The van der Waals surface area contributed by atoms with Gasteiger partial charge in [0.1, 0.15) is 0 Å². The maximum absolute atomic E-state index is 12.1. The minimum absolute atomic E-state index is 0.00746. The number of sulfone groups is 1. The van der Waals surface area contributed by atoms with E-state index in [1.165, 1.54) is 28.0 Å². The number of nitrogens with zero attached hydrogens (tertiary/aromatic N) is 2. The molecule has 26 heavy (non-hydrogen) atoms. The Morgan fingerprint density at radius 2 is 2.27 bits per heavy atom. The van der Waals surface area contributed by atoms with Crippen LogP contribution in [0.5, 0.6) is 0 Å². The number of hydrogen-bond acceptors (Lipinski definition) is 9. The van der Waals surface area contributed by atoms with Crippen LogP contribution in [0.1, 0.15) is 18.2 Å². The van der Waals surface area contributed by atoms with Gasteiger partial charge >= 0.3 is 0 Å². The zero-order chi connectivity index (χ0) is 18.6. The molecule has 3 heterocycles. The van der Waals surface area contributed by atoms with Gasteiger partial charge in [-0.05, 0) is 31.2 Å². The SMILES string of the molecule is C[C@@]1(NC(=O)CSc2nnc(NCCc3cccs3)s2)CCS(=O)(=O)C1. The molecule has 0 aliphatic carbocycles. The Morgan fingerprint density at radius 1 is 1.42 bits per heavy atom. The van der Waals surface area contributed by atoms with E-state index in [0.717, 1.165) is 18.1 Å². The van der Waals surface area contributed by atoms with Crippen LogP contribution in [0.15, 0.2) is 21.9 Å². The van der Waals surface area contributed by atoms with Gasteiger partial charge in [-0.25, -0.2) is 8.42 Å². The molecule has 142 valence electrons. The Hall–Kier alpha value is -1.17. The van der Waals surface area contributed by atoms with Gasteiger partial charge in [0.25, 0.3) is 0 Å². The van der Waals surface area contributed by atoms with Crippen molar-refractivity contribution in [1.82, 2.24) is 15.5 Å². The van der Waals surface area contributed by atoms with Gasteiger partial charge in [0.05, 0.1) is 22.8 Å². The normalized spacial score (nSPS) is 21.6. The van der Waals surface area contributed by atoms with Crippen LogP contribution >= 0.6 is 34.4 Å². The maximum atomic E-state index is 12.1. The van der Waals surface area contributed by atoms with Gasteiger partial charge in [0.15, 0.2) is 14.2 Å².